The maximum absolute atomic E-state index is 12.7. The first-order valence-electron chi connectivity index (χ1n) is 9.19. The quantitative estimate of drug-likeness (QED) is 0.843. The monoisotopic (exact) mass is 331 g/mol. The molecule has 1 fully saturated rings. The Morgan fingerprint density at radius 1 is 1.29 bits per heavy atom. The number of amides is 1. The first-order valence-corrected chi connectivity index (χ1v) is 9.19. The SMILES string of the molecule is CC1CCN(C(CNC(=O)C(C)(N)c2ccccc2)C(C)C)CC1. The molecule has 1 saturated heterocycles. The van der Waals surface area contributed by atoms with E-state index in [4.69, 9.17) is 5.73 Å². The van der Waals surface area contributed by atoms with Crippen LogP contribution in [0.1, 0.15) is 46.1 Å². The molecule has 0 saturated carbocycles. The minimum Gasteiger partial charge on any atom is -0.353 e. The average Bonchev–Trinajstić information content (AvgIpc) is 2.57. The Hall–Kier alpha value is -1.39. The Balaban J connectivity index is 1.97. The lowest BCUT2D eigenvalue weighted by Crippen LogP contribution is -2.54. The summed E-state index contributed by atoms with van der Waals surface area (Å²) in [5, 5.41) is 3.11. The first kappa shape index (κ1) is 18.9. The van der Waals surface area contributed by atoms with E-state index in [1.54, 1.807) is 6.92 Å². The zero-order chi connectivity index (χ0) is 17.7. The van der Waals surface area contributed by atoms with E-state index in [9.17, 15) is 4.79 Å². The molecule has 1 aliphatic heterocycles. The van der Waals surface area contributed by atoms with Crippen molar-refractivity contribution in [2.45, 2.75) is 52.1 Å². The topological polar surface area (TPSA) is 58.4 Å². The van der Waals surface area contributed by atoms with Crippen LogP contribution in [0, 0.1) is 11.8 Å². The summed E-state index contributed by atoms with van der Waals surface area (Å²) in [6.45, 7) is 11.5. The summed E-state index contributed by atoms with van der Waals surface area (Å²) in [4.78, 5) is 15.2. The van der Waals surface area contributed by atoms with E-state index < -0.39 is 5.54 Å². The summed E-state index contributed by atoms with van der Waals surface area (Å²) in [6.07, 6.45) is 2.49. The number of carbonyl (C=O) groups is 1. The molecule has 2 unspecified atom stereocenters. The molecule has 4 nitrogen and oxygen atoms in total. The molecule has 2 rings (SSSR count). The van der Waals surface area contributed by atoms with Crippen molar-refractivity contribution in [1.29, 1.82) is 0 Å². The third-order valence-corrected chi connectivity index (χ3v) is 5.37. The largest absolute Gasteiger partial charge is 0.353 e. The van der Waals surface area contributed by atoms with Crippen LogP contribution in [0.5, 0.6) is 0 Å². The van der Waals surface area contributed by atoms with Crippen LogP contribution in [0.25, 0.3) is 0 Å². The fourth-order valence-corrected chi connectivity index (χ4v) is 3.44. The molecular formula is C20H33N3O. The lowest BCUT2D eigenvalue weighted by atomic mass is 9.91. The summed E-state index contributed by atoms with van der Waals surface area (Å²) in [6, 6.07) is 9.95. The molecule has 1 aromatic rings. The third-order valence-electron chi connectivity index (χ3n) is 5.37. The van der Waals surface area contributed by atoms with Crippen LogP contribution in [-0.2, 0) is 10.3 Å². The summed E-state index contributed by atoms with van der Waals surface area (Å²) in [7, 11) is 0. The van der Waals surface area contributed by atoms with Crippen molar-refractivity contribution >= 4 is 5.91 Å². The zero-order valence-corrected chi connectivity index (χ0v) is 15.6. The highest BCUT2D eigenvalue weighted by Gasteiger charge is 2.32. The summed E-state index contributed by atoms with van der Waals surface area (Å²) < 4.78 is 0. The van der Waals surface area contributed by atoms with Crippen molar-refractivity contribution in [1.82, 2.24) is 10.2 Å². The molecule has 134 valence electrons. The second-order valence-electron chi connectivity index (χ2n) is 7.81. The van der Waals surface area contributed by atoms with E-state index >= 15 is 0 Å². The summed E-state index contributed by atoms with van der Waals surface area (Å²) in [5.41, 5.74) is 6.16. The van der Waals surface area contributed by atoms with Gasteiger partial charge in [-0.3, -0.25) is 9.69 Å². The number of nitrogens with two attached hydrogens (primary N) is 1. The predicted molar refractivity (Wildman–Crippen MR) is 99.6 cm³/mol. The molecule has 0 bridgehead atoms. The van der Waals surface area contributed by atoms with Gasteiger partial charge in [0.15, 0.2) is 0 Å². The van der Waals surface area contributed by atoms with Gasteiger partial charge in [-0.05, 0) is 50.3 Å². The molecule has 24 heavy (non-hydrogen) atoms. The smallest absolute Gasteiger partial charge is 0.244 e. The molecule has 1 amide bonds. The van der Waals surface area contributed by atoms with Gasteiger partial charge in [0.05, 0.1) is 0 Å². The molecule has 0 aromatic heterocycles. The van der Waals surface area contributed by atoms with Crippen molar-refractivity contribution in [3.63, 3.8) is 0 Å². The molecule has 4 heteroatoms. The van der Waals surface area contributed by atoms with E-state index in [0.717, 1.165) is 24.6 Å². The highest BCUT2D eigenvalue weighted by Crippen LogP contribution is 2.22. The molecule has 2 atom stereocenters. The van der Waals surface area contributed by atoms with Crippen molar-refractivity contribution in [2.75, 3.05) is 19.6 Å². The number of nitrogens with zero attached hydrogens (tertiary/aromatic N) is 1. The predicted octanol–water partition coefficient (Wildman–Crippen LogP) is 2.73. The van der Waals surface area contributed by atoms with E-state index in [1.807, 2.05) is 30.3 Å². The van der Waals surface area contributed by atoms with Crippen LogP contribution in [0.3, 0.4) is 0 Å². The number of likely N-dealkylation sites (tertiary alicyclic amines) is 1. The van der Waals surface area contributed by atoms with Crippen LogP contribution < -0.4 is 11.1 Å². The van der Waals surface area contributed by atoms with Gasteiger partial charge < -0.3 is 11.1 Å². The Morgan fingerprint density at radius 3 is 2.42 bits per heavy atom. The Kier molecular flexibility index (Phi) is 6.41. The van der Waals surface area contributed by atoms with Gasteiger partial charge in [0.2, 0.25) is 5.91 Å². The lowest BCUT2D eigenvalue weighted by Gasteiger charge is -2.39. The van der Waals surface area contributed by atoms with Crippen molar-refractivity contribution in [3.8, 4) is 0 Å². The molecule has 1 heterocycles. The second-order valence-corrected chi connectivity index (χ2v) is 7.81. The molecule has 3 N–H and O–H groups in total. The Labute approximate surface area is 146 Å². The Bertz CT molecular complexity index is 519. The van der Waals surface area contributed by atoms with Crippen molar-refractivity contribution in [2.24, 2.45) is 17.6 Å². The van der Waals surface area contributed by atoms with Gasteiger partial charge in [0.25, 0.3) is 0 Å². The average molecular weight is 332 g/mol. The second kappa shape index (κ2) is 8.13. The fraction of sp³-hybridized carbons (Fsp3) is 0.650. The van der Waals surface area contributed by atoms with Gasteiger partial charge >= 0.3 is 0 Å². The molecule has 0 radical (unpaired) electrons. The van der Waals surface area contributed by atoms with Crippen LogP contribution in [0.4, 0.5) is 0 Å². The summed E-state index contributed by atoms with van der Waals surface area (Å²) >= 11 is 0. The highest BCUT2D eigenvalue weighted by atomic mass is 16.2. The lowest BCUT2D eigenvalue weighted by molar-refractivity contribution is -0.126. The number of hydrogen-bond donors (Lipinski definition) is 2. The normalized spacial score (nSPS) is 20.6. The highest BCUT2D eigenvalue weighted by molar-refractivity contribution is 5.87. The van der Waals surface area contributed by atoms with Gasteiger partial charge in [-0.2, -0.15) is 0 Å². The van der Waals surface area contributed by atoms with Gasteiger partial charge in [-0.15, -0.1) is 0 Å². The summed E-state index contributed by atoms with van der Waals surface area (Å²) in [5.74, 6) is 1.21. The van der Waals surface area contributed by atoms with Gasteiger partial charge in [-0.1, -0.05) is 51.1 Å². The number of nitrogens with one attached hydrogen (secondary N) is 1. The Morgan fingerprint density at radius 2 is 1.88 bits per heavy atom. The minimum absolute atomic E-state index is 0.107. The number of hydrogen-bond acceptors (Lipinski definition) is 3. The van der Waals surface area contributed by atoms with Crippen LogP contribution >= 0.6 is 0 Å². The van der Waals surface area contributed by atoms with Crippen LogP contribution in [-0.4, -0.2) is 36.5 Å². The molecular weight excluding hydrogens is 298 g/mol. The van der Waals surface area contributed by atoms with Crippen LogP contribution in [0.2, 0.25) is 0 Å². The molecule has 0 aliphatic carbocycles. The third kappa shape index (κ3) is 4.58. The zero-order valence-electron chi connectivity index (χ0n) is 15.6. The fourth-order valence-electron chi connectivity index (χ4n) is 3.44. The number of rotatable bonds is 6. The first-order chi connectivity index (χ1) is 11.3. The van der Waals surface area contributed by atoms with E-state index in [0.29, 0.717) is 18.5 Å². The van der Waals surface area contributed by atoms with Crippen molar-refractivity contribution < 1.29 is 4.79 Å². The van der Waals surface area contributed by atoms with E-state index in [2.05, 4.69) is 31.0 Å². The standard InChI is InChI=1S/C20H33N3O/c1-15(2)18(23-12-10-16(3)11-13-23)14-22-19(24)20(4,21)17-8-6-5-7-9-17/h5-9,15-16,18H,10-14,21H2,1-4H3,(H,22,24). The molecule has 1 aromatic carbocycles. The maximum atomic E-state index is 12.7. The van der Waals surface area contributed by atoms with Crippen LogP contribution in [0.15, 0.2) is 30.3 Å². The van der Waals surface area contributed by atoms with Gasteiger partial charge in [-0.25, -0.2) is 0 Å². The maximum Gasteiger partial charge on any atom is 0.244 e. The number of piperidine rings is 1. The molecule has 0 spiro atoms. The van der Waals surface area contributed by atoms with Gasteiger partial charge in [0, 0.05) is 12.6 Å². The molecule has 1 aliphatic rings. The number of carbonyl (C=O) groups excluding carboxylic acids is 1. The van der Waals surface area contributed by atoms with Crippen molar-refractivity contribution in [3.05, 3.63) is 35.9 Å². The minimum atomic E-state index is -1.00. The van der Waals surface area contributed by atoms with Gasteiger partial charge in [0.1, 0.15) is 5.54 Å². The van der Waals surface area contributed by atoms with E-state index in [1.165, 1.54) is 12.8 Å². The van der Waals surface area contributed by atoms with E-state index in [-0.39, 0.29) is 5.91 Å². The number of benzene rings is 1.